The first-order valence-electron chi connectivity index (χ1n) is 9.91. The Bertz CT molecular complexity index is 1100. The lowest BCUT2D eigenvalue weighted by Crippen LogP contribution is -1.98. The molecule has 148 valence electrons. The highest BCUT2D eigenvalue weighted by Crippen LogP contribution is 2.24. The summed E-state index contributed by atoms with van der Waals surface area (Å²) in [7, 11) is 0. The molecule has 30 heavy (non-hydrogen) atoms. The van der Waals surface area contributed by atoms with Crippen molar-refractivity contribution >= 4 is 11.9 Å². The molecule has 0 heterocycles. The van der Waals surface area contributed by atoms with E-state index in [0.29, 0.717) is 6.61 Å². The van der Waals surface area contributed by atoms with Gasteiger partial charge in [0, 0.05) is 11.8 Å². The van der Waals surface area contributed by atoms with Gasteiger partial charge in [-0.25, -0.2) is 0 Å². The molecule has 0 N–H and O–H groups in total. The molecule has 0 fully saturated rings. The summed E-state index contributed by atoms with van der Waals surface area (Å²) in [6.45, 7) is 2.60. The maximum atomic E-state index is 6.03. The molecule has 0 aliphatic rings. The van der Waals surface area contributed by atoms with Gasteiger partial charge >= 0.3 is 0 Å². The largest absolute Gasteiger partial charge is 0.488 e. The Morgan fingerprint density at radius 1 is 0.700 bits per heavy atom. The highest BCUT2D eigenvalue weighted by Gasteiger charge is 2.02. The molecule has 0 aliphatic carbocycles. The van der Waals surface area contributed by atoms with Crippen LogP contribution in [0.4, 0.5) is 5.69 Å². The summed E-state index contributed by atoms with van der Waals surface area (Å²) < 4.78 is 11.9. The van der Waals surface area contributed by atoms with Crippen LogP contribution in [-0.4, -0.2) is 6.21 Å². The van der Waals surface area contributed by atoms with Crippen molar-refractivity contribution in [1.82, 2.24) is 0 Å². The zero-order chi connectivity index (χ0) is 20.6. The van der Waals surface area contributed by atoms with Crippen LogP contribution < -0.4 is 9.47 Å². The summed E-state index contributed by atoms with van der Waals surface area (Å²) in [5.74, 6) is 2.40. The number of hydrogen-bond donors (Lipinski definition) is 0. The third-order valence-corrected chi connectivity index (χ3v) is 4.60. The molecule has 0 radical (unpaired) electrons. The van der Waals surface area contributed by atoms with Gasteiger partial charge in [0.25, 0.3) is 0 Å². The second kappa shape index (κ2) is 9.57. The number of para-hydroxylation sites is 2. The molecule has 0 aromatic heterocycles. The van der Waals surface area contributed by atoms with Crippen LogP contribution in [0.5, 0.6) is 17.2 Å². The molecule has 0 amide bonds. The van der Waals surface area contributed by atoms with E-state index < -0.39 is 0 Å². The molecule has 0 spiro atoms. The predicted molar refractivity (Wildman–Crippen MR) is 122 cm³/mol. The van der Waals surface area contributed by atoms with E-state index in [0.717, 1.165) is 34.1 Å². The number of nitrogens with zero attached hydrogens (tertiary/aromatic N) is 1. The fourth-order valence-electron chi connectivity index (χ4n) is 2.93. The van der Waals surface area contributed by atoms with E-state index in [1.165, 1.54) is 5.56 Å². The Balaban J connectivity index is 1.41. The lowest BCUT2D eigenvalue weighted by Gasteiger charge is -2.09. The average molecular weight is 393 g/mol. The zero-order valence-corrected chi connectivity index (χ0v) is 16.9. The van der Waals surface area contributed by atoms with Gasteiger partial charge in [-0.05, 0) is 61.0 Å². The zero-order valence-electron chi connectivity index (χ0n) is 16.9. The molecule has 0 saturated carbocycles. The summed E-state index contributed by atoms with van der Waals surface area (Å²) in [6, 6.07) is 33.7. The van der Waals surface area contributed by atoms with Crippen LogP contribution in [0.2, 0.25) is 0 Å². The van der Waals surface area contributed by atoms with Crippen molar-refractivity contribution in [2.75, 3.05) is 0 Å². The molecule has 0 bridgehead atoms. The van der Waals surface area contributed by atoms with Crippen LogP contribution in [0.1, 0.15) is 16.7 Å². The minimum atomic E-state index is 0.524. The molecule has 0 unspecified atom stereocenters. The smallest absolute Gasteiger partial charge is 0.128 e. The van der Waals surface area contributed by atoms with Gasteiger partial charge in [0.2, 0.25) is 0 Å². The second-order valence-electron chi connectivity index (χ2n) is 6.98. The highest BCUT2D eigenvalue weighted by molar-refractivity contribution is 5.85. The highest BCUT2D eigenvalue weighted by atomic mass is 16.5. The van der Waals surface area contributed by atoms with Gasteiger partial charge in [-0.2, -0.15) is 0 Å². The van der Waals surface area contributed by atoms with E-state index in [4.69, 9.17) is 9.47 Å². The van der Waals surface area contributed by atoms with Crippen LogP contribution in [0.15, 0.2) is 108 Å². The van der Waals surface area contributed by atoms with Crippen LogP contribution in [0, 0.1) is 6.92 Å². The first-order valence-corrected chi connectivity index (χ1v) is 9.91. The molecule has 4 aromatic carbocycles. The van der Waals surface area contributed by atoms with E-state index in [2.05, 4.69) is 36.2 Å². The summed E-state index contributed by atoms with van der Waals surface area (Å²) >= 11 is 0. The third kappa shape index (κ3) is 5.36. The molecule has 3 nitrogen and oxygen atoms in total. The van der Waals surface area contributed by atoms with Crippen LogP contribution >= 0.6 is 0 Å². The molecule has 4 aromatic rings. The normalized spacial score (nSPS) is 10.8. The molecule has 0 aliphatic heterocycles. The maximum Gasteiger partial charge on any atom is 0.128 e. The summed E-state index contributed by atoms with van der Waals surface area (Å²) in [5, 5.41) is 0. The monoisotopic (exact) mass is 393 g/mol. The van der Waals surface area contributed by atoms with E-state index in [1.807, 2.05) is 85.1 Å². The number of aliphatic imine (C=N–C) groups is 1. The first-order chi connectivity index (χ1) is 14.8. The number of ether oxygens (including phenoxy) is 2. The summed E-state index contributed by atoms with van der Waals surface area (Å²) in [4.78, 5) is 4.59. The van der Waals surface area contributed by atoms with Crippen LogP contribution in [-0.2, 0) is 6.61 Å². The van der Waals surface area contributed by atoms with E-state index in [-0.39, 0.29) is 0 Å². The molecular formula is C27H23NO2. The lowest BCUT2D eigenvalue weighted by molar-refractivity contribution is 0.306. The standard InChI is InChI=1S/C27H23NO2/c1-21-11-13-22(14-12-21)20-29-27-10-6-5-7-23(27)19-28-24-15-17-26(18-16-24)30-25-8-3-2-4-9-25/h2-19H,20H2,1H3. The Kier molecular flexibility index (Phi) is 6.21. The second-order valence-corrected chi connectivity index (χ2v) is 6.98. The van der Waals surface area contributed by atoms with Crippen molar-refractivity contribution in [3.05, 3.63) is 120 Å². The summed E-state index contributed by atoms with van der Waals surface area (Å²) in [6.07, 6.45) is 1.83. The Morgan fingerprint density at radius 3 is 2.13 bits per heavy atom. The van der Waals surface area contributed by atoms with Crippen molar-refractivity contribution in [2.45, 2.75) is 13.5 Å². The molecule has 3 heteroatoms. The van der Waals surface area contributed by atoms with Crippen molar-refractivity contribution in [2.24, 2.45) is 4.99 Å². The van der Waals surface area contributed by atoms with Gasteiger partial charge in [0.15, 0.2) is 0 Å². The molecular weight excluding hydrogens is 370 g/mol. The topological polar surface area (TPSA) is 30.8 Å². The van der Waals surface area contributed by atoms with Crippen molar-refractivity contribution in [3.8, 4) is 17.2 Å². The minimum absolute atomic E-state index is 0.524. The lowest BCUT2D eigenvalue weighted by atomic mass is 10.1. The minimum Gasteiger partial charge on any atom is -0.488 e. The van der Waals surface area contributed by atoms with Gasteiger partial charge in [-0.15, -0.1) is 0 Å². The Hall–Kier alpha value is -3.85. The van der Waals surface area contributed by atoms with E-state index >= 15 is 0 Å². The molecule has 0 saturated heterocycles. The SMILES string of the molecule is Cc1ccc(COc2ccccc2C=Nc2ccc(Oc3ccccc3)cc2)cc1. The van der Waals surface area contributed by atoms with Gasteiger partial charge in [0.05, 0.1) is 5.69 Å². The number of rotatable bonds is 7. The van der Waals surface area contributed by atoms with Crippen molar-refractivity contribution < 1.29 is 9.47 Å². The average Bonchev–Trinajstić information content (AvgIpc) is 2.79. The van der Waals surface area contributed by atoms with Gasteiger partial charge < -0.3 is 9.47 Å². The fraction of sp³-hybridized carbons (Fsp3) is 0.0741. The van der Waals surface area contributed by atoms with Crippen LogP contribution in [0.3, 0.4) is 0 Å². The van der Waals surface area contributed by atoms with E-state index in [1.54, 1.807) is 0 Å². The quantitative estimate of drug-likeness (QED) is 0.313. The number of benzene rings is 4. The van der Waals surface area contributed by atoms with Crippen LogP contribution in [0.25, 0.3) is 0 Å². The van der Waals surface area contributed by atoms with E-state index in [9.17, 15) is 0 Å². The van der Waals surface area contributed by atoms with Gasteiger partial charge in [-0.3, -0.25) is 4.99 Å². The fourth-order valence-corrected chi connectivity index (χ4v) is 2.93. The molecule has 0 atom stereocenters. The summed E-state index contributed by atoms with van der Waals surface area (Å²) in [5.41, 5.74) is 4.17. The van der Waals surface area contributed by atoms with Gasteiger partial charge in [-0.1, -0.05) is 60.2 Å². The van der Waals surface area contributed by atoms with Crippen molar-refractivity contribution in [3.63, 3.8) is 0 Å². The first kappa shape index (κ1) is 19.5. The molecule has 4 rings (SSSR count). The third-order valence-electron chi connectivity index (χ3n) is 4.60. The Morgan fingerprint density at radius 2 is 1.37 bits per heavy atom. The predicted octanol–water partition coefficient (Wildman–Crippen LogP) is 7.12. The number of aryl methyl sites for hydroxylation is 1. The number of hydrogen-bond acceptors (Lipinski definition) is 3. The Labute approximate surface area is 177 Å². The van der Waals surface area contributed by atoms with Gasteiger partial charge in [0.1, 0.15) is 23.9 Å². The van der Waals surface area contributed by atoms with Crippen molar-refractivity contribution in [1.29, 1.82) is 0 Å². The maximum absolute atomic E-state index is 6.03.